The number of amides is 2. The Kier molecular flexibility index (Phi) is 5.00. The molecule has 2 N–H and O–H groups in total. The predicted molar refractivity (Wildman–Crippen MR) is 75.1 cm³/mol. The molecule has 2 heterocycles. The SMILES string of the molecule is CCOC(=O)C1=C(CN2CCCC2)NC(=O)N[C@H]1CC. The zero-order chi connectivity index (χ0) is 14.5. The zero-order valence-electron chi connectivity index (χ0n) is 12.2. The Bertz CT molecular complexity index is 414. The Morgan fingerprint density at radius 2 is 2.05 bits per heavy atom. The van der Waals surface area contributed by atoms with Gasteiger partial charge in [0.05, 0.1) is 18.2 Å². The molecule has 2 amide bonds. The van der Waals surface area contributed by atoms with Crippen molar-refractivity contribution in [3.05, 3.63) is 11.3 Å². The molecular weight excluding hydrogens is 258 g/mol. The van der Waals surface area contributed by atoms with Crippen molar-refractivity contribution in [2.75, 3.05) is 26.2 Å². The largest absolute Gasteiger partial charge is 0.463 e. The molecule has 0 saturated carbocycles. The average Bonchev–Trinajstić information content (AvgIpc) is 2.91. The van der Waals surface area contributed by atoms with Gasteiger partial charge in [-0.2, -0.15) is 0 Å². The molecule has 1 saturated heterocycles. The van der Waals surface area contributed by atoms with Gasteiger partial charge in [-0.05, 0) is 39.3 Å². The van der Waals surface area contributed by atoms with Crippen LogP contribution in [0.25, 0.3) is 0 Å². The second kappa shape index (κ2) is 6.74. The van der Waals surface area contributed by atoms with Gasteiger partial charge in [-0.15, -0.1) is 0 Å². The fourth-order valence-corrected chi connectivity index (χ4v) is 2.75. The van der Waals surface area contributed by atoms with Crippen LogP contribution in [0.2, 0.25) is 0 Å². The molecule has 6 nitrogen and oxygen atoms in total. The number of hydrogen-bond acceptors (Lipinski definition) is 4. The summed E-state index contributed by atoms with van der Waals surface area (Å²) in [5.74, 6) is -0.332. The van der Waals surface area contributed by atoms with Gasteiger partial charge in [0.25, 0.3) is 0 Å². The van der Waals surface area contributed by atoms with E-state index in [2.05, 4.69) is 15.5 Å². The monoisotopic (exact) mass is 281 g/mol. The number of rotatable bonds is 5. The summed E-state index contributed by atoms with van der Waals surface area (Å²) in [4.78, 5) is 26.1. The smallest absolute Gasteiger partial charge is 0.337 e. The lowest BCUT2D eigenvalue weighted by Crippen LogP contribution is -2.52. The first-order valence-electron chi connectivity index (χ1n) is 7.35. The maximum Gasteiger partial charge on any atom is 0.337 e. The molecule has 0 aromatic heterocycles. The average molecular weight is 281 g/mol. The van der Waals surface area contributed by atoms with Crippen molar-refractivity contribution in [3.8, 4) is 0 Å². The third-order valence-corrected chi connectivity index (χ3v) is 3.73. The highest BCUT2D eigenvalue weighted by molar-refractivity contribution is 5.94. The number of urea groups is 1. The van der Waals surface area contributed by atoms with Gasteiger partial charge < -0.3 is 15.4 Å². The lowest BCUT2D eigenvalue weighted by molar-refractivity contribution is -0.139. The predicted octanol–water partition coefficient (Wildman–Crippen LogP) is 0.991. The van der Waals surface area contributed by atoms with Crippen molar-refractivity contribution in [2.45, 2.75) is 39.2 Å². The Morgan fingerprint density at radius 1 is 1.35 bits per heavy atom. The first-order chi connectivity index (χ1) is 9.65. The summed E-state index contributed by atoms with van der Waals surface area (Å²) in [5.41, 5.74) is 1.27. The van der Waals surface area contributed by atoms with Crippen LogP contribution in [0.15, 0.2) is 11.3 Å². The highest BCUT2D eigenvalue weighted by Gasteiger charge is 2.32. The van der Waals surface area contributed by atoms with E-state index in [0.717, 1.165) is 13.1 Å². The third kappa shape index (κ3) is 3.30. The number of nitrogens with zero attached hydrogens (tertiary/aromatic N) is 1. The van der Waals surface area contributed by atoms with Crippen molar-refractivity contribution in [1.29, 1.82) is 0 Å². The van der Waals surface area contributed by atoms with Crippen molar-refractivity contribution < 1.29 is 14.3 Å². The summed E-state index contributed by atoms with van der Waals surface area (Å²) < 4.78 is 5.14. The number of ether oxygens (including phenoxy) is 1. The van der Waals surface area contributed by atoms with Crippen molar-refractivity contribution >= 4 is 12.0 Å². The number of esters is 1. The van der Waals surface area contributed by atoms with Crippen LogP contribution in [0.3, 0.4) is 0 Å². The van der Waals surface area contributed by atoms with Gasteiger partial charge in [0.1, 0.15) is 0 Å². The summed E-state index contributed by atoms with van der Waals surface area (Å²) in [6, 6.07) is -0.500. The molecule has 112 valence electrons. The topological polar surface area (TPSA) is 70.7 Å². The molecule has 0 unspecified atom stereocenters. The van der Waals surface area contributed by atoms with Crippen LogP contribution in [-0.2, 0) is 9.53 Å². The summed E-state index contributed by atoms with van der Waals surface area (Å²) in [6.07, 6.45) is 3.02. The minimum Gasteiger partial charge on any atom is -0.463 e. The molecular formula is C14H23N3O3. The number of nitrogens with one attached hydrogen (secondary N) is 2. The molecule has 6 heteroatoms. The summed E-state index contributed by atoms with van der Waals surface area (Å²) in [7, 11) is 0. The Hall–Kier alpha value is -1.56. The third-order valence-electron chi connectivity index (χ3n) is 3.73. The van der Waals surface area contributed by atoms with E-state index >= 15 is 0 Å². The second-order valence-corrected chi connectivity index (χ2v) is 5.16. The van der Waals surface area contributed by atoms with Crippen LogP contribution in [-0.4, -0.2) is 49.2 Å². The molecule has 0 radical (unpaired) electrons. The quantitative estimate of drug-likeness (QED) is 0.737. The fourth-order valence-electron chi connectivity index (χ4n) is 2.75. The first kappa shape index (κ1) is 14.8. The Balaban J connectivity index is 2.24. The summed E-state index contributed by atoms with van der Waals surface area (Å²) in [6.45, 7) is 6.71. The normalized spacial score (nSPS) is 23.5. The molecule has 2 aliphatic heterocycles. The van der Waals surface area contributed by atoms with Gasteiger partial charge in [0.2, 0.25) is 0 Å². The molecule has 0 spiro atoms. The molecule has 0 aliphatic carbocycles. The van der Waals surface area contributed by atoms with Gasteiger partial charge in [0.15, 0.2) is 0 Å². The number of carbonyl (C=O) groups excluding carboxylic acids is 2. The van der Waals surface area contributed by atoms with Gasteiger partial charge in [-0.1, -0.05) is 6.92 Å². The highest BCUT2D eigenvalue weighted by atomic mass is 16.5. The van der Waals surface area contributed by atoms with Crippen LogP contribution in [0, 0.1) is 0 Å². The van der Waals surface area contributed by atoms with Crippen LogP contribution < -0.4 is 10.6 Å². The van der Waals surface area contributed by atoms with Gasteiger partial charge in [-0.25, -0.2) is 9.59 Å². The lowest BCUT2D eigenvalue weighted by atomic mass is 10.00. The van der Waals surface area contributed by atoms with E-state index in [1.807, 2.05) is 6.92 Å². The van der Waals surface area contributed by atoms with E-state index in [4.69, 9.17) is 4.74 Å². The van der Waals surface area contributed by atoms with E-state index < -0.39 is 0 Å². The van der Waals surface area contributed by atoms with Crippen LogP contribution in [0.5, 0.6) is 0 Å². The minimum atomic E-state index is -0.332. The van der Waals surface area contributed by atoms with E-state index in [1.165, 1.54) is 12.8 Å². The molecule has 0 aromatic rings. The molecule has 2 rings (SSSR count). The Labute approximate surface area is 119 Å². The van der Waals surface area contributed by atoms with Crippen molar-refractivity contribution in [3.63, 3.8) is 0 Å². The molecule has 1 atom stereocenters. The highest BCUT2D eigenvalue weighted by Crippen LogP contribution is 2.19. The number of hydrogen-bond donors (Lipinski definition) is 2. The van der Waals surface area contributed by atoms with Crippen LogP contribution in [0.1, 0.15) is 33.1 Å². The number of carbonyl (C=O) groups is 2. The maximum absolute atomic E-state index is 12.2. The van der Waals surface area contributed by atoms with Crippen molar-refractivity contribution in [1.82, 2.24) is 15.5 Å². The van der Waals surface area contributed by atoms with E-state index in [-0.39, 0.29) is 18.0 Å². The van der Waals surface area contributed by atoms with E-state index in [0.29, 0.717) is 30.8 Å². The summed E-state index contributed by atoms with van der Waals surface area (Å²) >= 11 is 0. The summed E-state index contributed by atoms with van der Waals surface area (Å²) in [5, 5.41) is 5.57. The van der Waals surface area contributed by atoms with Crippen molar-refractivity contribution in [2.24, 2.45) is 0 Å². The molecule has 1 fully saturated rings. The second-order valence-electron chi connectivity index (χ2n) is 5.16. The lowest BCUT2D eigenvalue weighted by Gasteiger charge is -2.30. The molecule has 20 heavy (non-hydrogen) atoms. The first-order valence-corrected chi connectivity index (χ1v) is 7.35. The van der Waals surface area contributed by atoms with Gasteiger partial charge >= 0.3 is 12.0 Å². The Morgan fingerprint density at radius 3 is 2.65 bits per heavy atom. The van der Waals surface area contributed by atoms with Gasteiger partial charge in [-0.3, -0.25) is 4.90 Å². The van der Waals surface area contributed by atoms with Crippen LogP contribution >= 0.6 is 0 Å². The molecule has 2 aliphatic rings. The zero-order valence-corrected chi connectivity index (χ0v) is 12.2. The van der Waals surface area contributed by atoms with E-state index in [1.54, 1.807) is 6.92 Å². The van der Waals surface area contributed by atoms with E-state index in [9.17, 15) is 9.59 Å². The maximum atomic E-state index is 12.2. The number of likely N-dealkylation sites (tertiary alicyclic amines) is 1. The molecule has 0 aromatic carbocycles. The fraction of sp³-hybridized carbons (Fsp3) is 0.714. The minimum absolute atomic E-state index is 0.237. The van der Waals surface area contributed by atoms with Gasteiger partial charge in [0, 0.05) is 12.2 Å². The van der Waals surface area contributed by atoms with Crippen LogP contribution in [0.4, 0.5) is 4.79 Å². The standard InChI is InChI=1S/C14H23N3O3/c1-3-10-12(13(18)20-4-2)11(16-14(19)15-10)9-17-7-5-6-8-17/h10H,3-9H2,1-2H3,(H2,15,16,19)/t10-/m0/s1. The molecule has 0 bridgehead atoms.